The zero-order valence-electron chi connectivity index (χ0n) is 10.3. The average molecular weight is 251 g/mol. The van der Waals surface area contributed by atoms with E-state index in [1.54, 1.807) is 18.2 Å². The molecule has 1 amide bonds. The first-order valence-electron chi connectivity index (χ1n) is 5.80. The second-order valence-electron chi connectivity index (χ2n) is 3.74. The van der Waals surface area contributed by atoms with Gasteiger partial charge in [-0.25, -0.2) is 0 Å². The van der Waals surface area contributed by atoms with E-state index in [4.69, 9.17) is 9.84 Å². The number of benzene rings is 1. The summed E-state index contributed by atoms with van der Waals surface area (Å²) in [6.07, 6.45) is 0.429. The molecule has 98 valence electrons. The quantitative estimate of drug-likeness (QED) is 0.773. The number of aliphatic carboxylic acids is 1. The van der Waals surface area contributed by atoms with E-state index in [1.807, 2.05) is 13.0 Å². The number of carbonyl (C=O) groups excluding carboxylic acids is 1. The molecule has 0 bridgehead atoms. The monoisotopic (exact) mass is 251 g/mol. The lowest BCUT2D eigenvalue weighted by Crippen LogP contribution is -2.19. The van der Waals surface area contributed by atoms with Gasteiger partial charge in [0.25, 0.3) is 0 Å². The number of carboxylic acids is 1. The number of carbonyl (C=O) groups is 2. The van der Waals surface area contributed by atoms with Crippen LogP contribution in [0.2, 0.25) is 0 Å². The molecule has 0 aliphatic rings. The van der Waals surface area contributed by atoms with E-state index in [-0.39, 0.29) is 18.9 Å². The molecular weight excluding hydrogens is 234 g/mol. The lowest BCUT2D eigenvalue weighted by molar-refractivity contribution is -0.137. The minimum absolute atomic E-state index is 0.00373. The number of rotatable bonds is 7. The minimum Gasteiger partial charge on any atom is -0.481 e. The standard InChI is InChI=1S/C13H17NO4/c1-2-18-9-12(15)14-11-6-4-3-5-10(11)7-8-13(16)17/h3-6H,2,7-9H2,1H3,(H,14,15)(H,16,17). The van der Waals surface area contributed by atoms with Crippen molar-refractivity contribution < 1.29 is 19.4 Å². The largest absolute Gasteiger partial charge is 0.481 e. The van der Waals surface area contributed by atoms with E-state index in [9.17, 15) is 9.59 Å². The Morgan fingerprint density at radius 2 is 2.06 bits per heavy atom. The molecule has 1 aromatic carbocycles. The summed E-state index contributed by atoms with van der Waals surface area (Å²) in [5.41, 5.74) is 1.45. The van der Waals surface area contributed by atoms with Crippen LogP contribution in [0, 0.1) is 0 Å². The molecule has 0 aliphatic heterocycles. The van der Waals surface area contributed by atoms with Crippen LogP contribution in [0.4, 0.5) is 5.69 Å². The fraction of sp³-hybridized carbons (Fsp3) is 0.385. The number of carboxylic acid groups (broad SMARTS) is 1. The highest BCUT2D eigenvalue weighted by Crippen LogP contribution is 2.16. The maximum absolute atomic E-state index is 11.5. The van der Waals surface area contributed by atoms with E-state index in [1.165, 1.54) is 0 Å². The smallest absolute Gasteiger partial charge is 0.303 e. The molecule has 0 aliphatic carbocycles. The van der Waals surface area contributed by atoms with E-state index in [0.717, 1.165) is 5.56 Å². The van der Waals surface area contributed by atoms with Crippen LogP contribution in [-0.2, 0) is 20.7 Å². The van der Waals surface area contributed by atoms with Gasteiger partial charge in [-0.1, -0.05) is 18.2 Å². The Balaban J connectivity index is 2.63. The summed E-state index contributed by atoms with van der Waals surface area (Å²) in [7, 11) is 0. The third-order valence-electron chi connectivity index (χ3n) is 2.34. The van der Waals surface area contributed by atoms with Gasteiger partial charge in [0.1, 0.15) is 6.61 Å². The lowest BCUT2D eigenvalue weighted by Gasteiger charge is -2.10. The van der Waals surface area contributed by atoms with Crippen molar-refractivity contribution in [3.63, 3.8) is 0 Å². The van der Waals surface area contributed by atoms with Gasteiger partial charge >= 0.3 is 5.97 Å². The van der Waals surface area contributed by atoms with Gasteiger partial charge in [-0.2, -0.15) is 0 Å². The normalized spacial score (nSPS) is 10.1. The molecule has 2 N–H and O–H groups in total. The van der Waals surface area contributed by atoms with E-state index >= 15 is 0 Å². The van der Waals surface area contributed by atoms with E-state index in [2.05, 4.69) is 5.32 Å². The maximum Gasteiger partial charge on any atom is 0.303 e. The fourth-order valence-electron chi connectivity index (χ4n) is 1.48. The number of nitrogens with one attached hydrogen (secondary N) is 1. The first-order chi connectivity index (χ1) is 8.63. The van der Waals surface area contributed by atoms with E-state index in [0.29, 0.717) is 18.7 Å². The van der Waals surface area contributed by atoms with Crippen molar-refractivity contribution in [3.8, 4) is 0 Å². The summed E-state index contributed by atoms with van der Waals surface area (Å²) in [5, 5.41) is 11.4. The predicted molar refractivity (Wildman–Crippen MR) is 67.5 cm³/mol. The molecule has 0 atom stereocenters. The van der Waals surface area contributed by atoms with Gasteiger partial charge in [-0.05, 0) is 25.0 Å². The van der Waals surface area contributed by atoms with Crippen molar-refractivity contribution in [1.82, 2.24) is 0 Å². The number of anilines is 1. The van der Waals surface area contributed by atoms with Gasteiger partial charge in [0.2, 0.25) is 5.91 Å². The Morgan fingerprint density at radius 1 is 1.33 bits per heavy atom. The van der Waals surface area contributed by atoms with Crippen LogP contribution in [0.3, 0.4) is 0 Å². The Hall–Kier alpha value is -1.88. The molecule has 0 aromatic heterocycles. The predicted octanol–water partition coefficient (Wildman–Crippen LogP) is 1.68. The number of ether oxygens (including phenoxy) is 1. The van der Waals surface area contributed by atoms with Crippen LogP contribution in [0.25, 0.3) is 0 Å². The topological polar surface area (TPSA) is 75.6 Å². The summed E-state index contributed by atoms with van der Waals surface area (Å²) in [6, 6.07) is 7.16. The number of hydrogen-bond acceptors (Lipinski definition) is 3. The fourth-order valence-corrected chi connectivity index (χ4v) is 1.48. The van der Waals surface area contributed by atoms with Crippen molar-refractivity contribution in [2.75, 3.05) is 18.5 Å². The molecule has 0 saturated heterocycles. The number of aryl methyl sites for hydroxylation is 1. The highest BCUT2D eigenvalue weighted by Gasteiger charge is 2.07. The molecule has 5 heteroatoms. The van der Waals surface area contributed by atoms with Gasteiger partial charge in [-0.15, -0.1) is 0 Å². The van der Waals surface area contributed by atoms with Crippen molar-refractivity contribution in [2.24, 2.45) is 0 Å². The van der Waals surface area contributed by atoms with Crippen LogP contribution in [0.15, 0.2) is 24.3 Å². The van der Waals surface area contributed by atoms with Crippen LogP contribution >= 0.6 is 0 Å². The number of amides is 1. The van der Waals surface area contributed by atoms with Gasteiger partial charge in [0, 0.05) is 18.7 Å². The molecule has 0 radical (unpaired) electrons. The van der Waals surface area contributed by atoms with Gasteiger partial charge in [-0.3, -0.25) is 9.59 Å². The molecule has 18 heavy (non-hydrogen) atoms. The van der Waals surface area contributed by atoms with Crippen molar-refractivity contribution >= 4 is 17.6 Å². The van der Waals surface area contributed by atoms with Crippen LogP contribution < -0.4 is 5.32 Å². The highest BCUT2D eigenvalue weighted by molar-refractivity contribution is 5.92. The van der Waals surface area contributed by atoms with Crippen LogP contribution in [0.1, 0.15) is 18.9 Å². The van der Waals surface area contributed by atoms with Crippen molar-refractivity contribution in [1.29, 1.82) is 0 Å². The van der Waals surface area contributed by atoms with E-state index < -0.39 is 5.97 Å². The van der Waals surface area contributed by atoms with Crippen LogP contribution in [-0.4, -0.2) is 30.2 Å². The molecule has 0 unspecified atom stereocenters. The van der Waals surface area contributed by atoms with Gasteiger partial charge in [0.15, 0.2) is 0 Å². The lowest BCUT2D eigenvalue weighted by atomic mass is 10.1. The highest BCUT2D eigenvalue weighted by atomic mass is 16.5. The molecule has 1 rings (SSSR count). The zero-order valence-corrected chi connectivity index (χ0v) is 10.3. The zero-order chi connectivity index (χ0) is 13.4. The maximum atomic E-state index is 11.5. The molecular formula is C13H17NO4. The SMILES string of the molecule is CCOCC(=O)Nc1ccccc1CCC(=O)O. The third-order valence-corrected chi connectivity index (χ3v) is 2.34. The summed E-state index contributed by atoms with van der Waals surface area (Å²) in [4.78, 5) is 22.0. The molecule has 1 aromatic rings. The summed E-state index contributed by atoms with van der Waals surface area (Å²) >= 11 is 0. The van der Waals surface area contributed by atoms with Crippen molar-refractivity contribution in [3.05, 3.63) is 29.8 Å². The van der Waals surface area contributed by atoms with Gasteiger partial charge in [0.05, 0.1) is 0 Å². The third kappa shape index (κ3) is 4.97. The Labute approximate surface area is 106 Å². The van der Waals surface area contributed by atoms with Crippen LogP contribution in [0.5, 0.6) is 0 Å². The first kappa shape index (κ1) is 14.2. The van der Waals surface area contributed by atoms with Gasteiger partial charge < -0.3 is 15.2 Å². The molecule has 0 spiro atoms. The average Bonchev–Trinajstić information content (AvgIpc) is 2.35. The summed E-state index contributed by atoms with van der Waals surface area (Å²) < 4.78 is 5.00. The minimum atomic E-state index is -0.856. The summed E-state index contributed by atoms with van der Waals surface area (Å²) in [6.45, 7) is 2.30. The Kier molecular flexibility index (Phi) is 5.87. The Morgan fingerprint density at radius 3 is 2.72 bits per heavy atom. The van der Waals surface area contributed by atoms with Crippen molar-refractivity contribution in [2.45, 2.75) is 19.8 Å². The second-order valence-corrected chi connectivity index (χ2v) is 3.74. The molecule has 0 heterocycles. The Bertz CT molecular complexity index is 417. The molecule has 0 saturated carbocycles. The molecule has 0 fully saturated rings. The second kappa shape index (κ2) is 7.45. The number of para-hydroxylation sites is 1. The first-order valence-corrected chi connectivity index (χ1v) is 5.80. The molecule has 5 nitrogen and oxygen atoms in total. The summed E-state index contributed by atoms with van der Waals surface area (Å²) in [5.74, 6) is -1.09. The number of hydrogen-bond donors (Lipinski definition) is 2.